The topological polar surface area (TPSA) is 125 Å². The molecule has 2 amide bonds. The van der Waals surface area contributed by atoms with Crippen LogP contribution in [0, 0.1) is 5.92 Å². The van der Waals surface area contributed by atoms with E-state index in [1.165, 1.54) is 0 Å². The average molecular weight is 281 g/mol. The highest BCUT2D eigenvalue weighted by atomic mass is 32.2. The van der Waals surface area contributed by atoms with E-state index in [1.807, 2.05) is 0 Å². The number of carbonyl (C=O) groups is 2. The number of carbonyl (C=O) groups excluding carboxylic acids is 1. The summed E-state index contributed by atoms with van der Waals surface area (Å²) in [5, 5.41) is 13.5. The third-order valence-corrected chi connectivity index (χ3v) is 2.85. The van der Waals surface area contributed by atoms with E-state index in [-0.39, 0.29) is 19.6 Å². The summed E-state index contributed by atoms with van der Waals surface area (Å²) in [6.45, 7) is 1.97. The zero-order valence-corrected chi connectivity index (χ0v) is 11.2. The van der Waals surface area contributed by atoms with Crippen LogP contribution in [-0.2, 0) is 14.8 Å². The molecule has 0 bridgehead atoms. The van der Waals surface area contributed by atoms with Crippen LogP contribution in [0.25, 0.3) is 0 Å². The Balaban J connectivity index is 3.75. The van der Waals surface area contributed by atoms with Crippen molar-refractivity contribution in [2.75, 3.05) is 25.9 Å². The molecule has 0 spiro atoms. The maximum atomic E-state index is 11.2. The molecule has 1 unspecified atom stereocenters. The lowest BCUT2D eigenvalue weighted by Gasteiger charge is -2.11. The fourth-order valence-corrected chi connectivity index (χ4v) is 1.57. The molecule has 0 saturated heterocycles. The van der Waals surface area contributed by atoms with Gasteiger partial charge in [0.05, 0.1) is 12.2 Å². The van der Waals surface area contributed by atoms with Gasteiger partial charge < -0.3 is 15.7 Å². The van der Waals surface area contributed by atoms with Crippen LogP contribution in [0.1, 0.15) is 13.3 Å². The van der Waals surface area contributed by atoms with Gasteiger partial charge in [0.25, 0.3) is 0 Å². The largest absolute Gasteiger partial charge is 0.481 e. The number of rotatable bonds is 8. The highest BCUT2D eigenvalue weighted by Crippen LogP contribution is 1.99. The second-order valence-electron chi connectivity index (χ2n) is 3.75. The van der Waals surface area contributed by atoms with Crippen LogP contribution in [0.15, 0.2) is 0 Å². The van der Waals surface area contributed by atoms with E-state index in [9.17, 15) is 18.0 Å². The number of urea groups is 1. The number of hydrogen-bond donors (Lipinski definition) is 4. The molecule has 0 radical (unpaired) electrons. The van der Waals surface area contributed by atoms with Gasteiger partial charge in [0, 0.05) is 19.6 Å². The molecule has 8 nitrogen and oxygen atoms in total. The van der Waals surface area contributed by atoms with Crippen molar-refractivity contribution in [2.24, 2.45) is 5.92 Å². The van der Waals surface area contributed by atoms with Crippen LogP contribution in [0.2, 0.25) is 0 Å². The van der Waals surface area contributed by atoms with Gasteiger partial charge in [-0.25, -0.2) is 17.9 Å². The quantitative estimate of drug-likeness (QED) is 0.422. The summed E-state index contributed by atoms with van der Waals surface area (Å²) in [6, 6.07) is -0.523. The van der Waals surface area contributed by atoms with Gasteiger partial charge in [0.1, 0.15) is 0 Å². The van der Waals surface area contributed by atoms with E-state index in [0.717, 1.165) is 6.26 Å². The summed E-state index contributed by atoms with van der Waals surface area (Å²) < 4.78 is 23.6. The van der Waals surface area contributed by atoms with Crippen molar-refractivity contribution in [3.05, 3.63) is 0 Å². The Hall–Kier alpha value is -1.35. The maximum Gasteiger partial charge on any atom is 0.314 e. The maximum absolute atomic E-state index is 11.2. The first kappa shape index (κ1) is 16.6. The molecule has 1 atom stereocenters. The molecule has 0 aliphatic carbocycles. The van der Waals surface area contributed by atoms with Gasteiger partial charge in [0.15, 0.2) is 0 Å². The second-order valence-corrected chi connectivity index (χ2v) is 5.58. The molecule has 106 valence electrons. The lowest BCUT2D eigenvalue weighted by Crippen LogP contribution is -2.42. The van der Waals surface area contributed by atoms with E-state index < -0.39 is 27.9 Å². The molecule has 0 fully saturated rings. The number of aliphatic carboxylic acids is 1. The number of carboxylic acids is 1. The molecule has 18 heavy (non-hydrogen) atoms. The summed E-state index contributed by atoms with van der Waals surface area (Å²) >= 11 is 0. The van der Waals surface area contributed by atoms with Crippen molar-refractivity contribution in [3.8, 4) is 0 Å². The molecule has 0 aromatic carbocycles. The molecule has 0 aromatic heterocycles. The van der Waals surface area contributed by atoms with Gasteiger partial charge in [-0.05, 0) is 6.42 Å². The molecular weight excluding hydrogens is 262 g/mol. The third-order valence-electron chi connectivity index (χ3n) is 2.13. The Morgan fingerprint density at radius 3 is 2.28 bits per heavy atom. The highest BCUT2D eigenvalue weighted by molar-refractivity contribution is 7.88. The zero-order valence-electron chi connectivity index (χ0n) is 10.4. The van der Waals surface area contributed by atoms with Gasteiger partial charge in [-0.2, -0.15) is 0 Å². The van der Waals surface area contributed by atoms with Gasteiger partial charge in [0.2, 0.25) is 10.0 Å². The summed E-state index contributed by atoms with van der Waals surface area (Å²) in [4.78, 5) is 21.9. The van der Waals surface area contributed by atoms with Crippen molar-refractivity contribution in [3.63, 3.8) is 0 Å². The van der Waals surface area contributed by atoms with Gasteiger partial charge in [-0.3, -0.25) is 4.79 Å². The average Bonchev–Trinajstić information content (AvgIpc) is 2.23. The first-order valence-electron chi connectivity index (χ1n) is 5.45. The predicted octanol–water partition coefficient (Wildman–Crippen LogP) is -1.05. The number of hydrogen-bond acceptors (Lipinski definition) is 4. The number of nitrogens with one attached hydrogen (secondary N) is 3. The first-order chi connectivity index (χ1) is 8.26. The third kappa shape index (κ3) is 8.76. The van der Waals surface area contributed by atoms with Crippen LogP contribution in [-0.4, -0.2) is 51.4 Å². The van der Waals surface area contributed by atoms with E-state index >= 15 is 0 Å². The smallest absolute Gasteiger partial charge is 0.314 e. The van der Waals surface area contributed by atoms with E-state index in [0.29, 0.717) is 6.42 Å². The fraction of sp³-hybridized carbons (Fsp3) is 0.778. The Morgan fingerprint density at radius 2 is 1.83 bits per heavy atom. The Labute approximate surface area is 106 Å². The van der Waals surface area contributed by atoms with Crippen LogP contribution in [0.4, 0.5) is 4.79 Å². The first-order valence-corrected chi connectivity index (χ1v) is 7.34. The molecule has 0 aliphatic heterocycles. The van der Waals surface area contributed by atoms with E-state index in [2.05, 4.69) is 15.4 Å². The SMILES string of the molecule is CCC(CNC(=O)NCCNS(C)(=O)=O)C(=O)O. The minimum absolute atomic E-state index is 0.0389. The van der Waals surface area contributed by atoms with Crippen molar-refractivity contribution in [1.29, 1.82) is 0 Å². The fourth-order valence-electron chi connectivity index (χ4n) is 1.10. The standard InChI is InChI=1S/C9H19N3O5S/c1-3-7(8(13)14)6-11-9(15)10-4-5-12-18(2,16)17/h7,12H,3-6H2,1-2H3,(H,13,14)(H2,10,11,15). The zero-order chi connectivity index (χ0) is 14.2. The molecule has 0 heterocycles. The Kier molecular flexibility index (Phi) is 7.29. The van der Waals surface area contributed by atoms with E-state index in [1.54, 1.807) is 6.92 Å². The number of sulfonamides is 1. The van der Waals surface area contributed by atoms with Crippen LogP contribution < -0.4 is 15.4 Å². The van der Waals surface area contributed by atoms with Crippen LogP contribution in [0.5, 0.6) is 0 Å². The van der Waals surface area contributed by atoms with Crippen molar-refractivity contribution in [1.82, 2.24) is 15.4 Å². The number of amides is 2. The molecule has 0 aliphatic rings. The summed E-state index contributed by atoms with van der Waals surface area (Å²) in [6.07, 6.45) is 1.44. The van der Waals surface area contributed by atoms with Crippen molar-refractivity contribution in [2.45, 2.75) is 13.3 Å². The van der Waals surface area contributed by atoms with Crippen molar-refractivity contribution < 1.29 is 23.1 Å². The normalized spacial score (nSPS) is 12.8. The highest BCUT2D eigenvalue weighted by Gasteiger charge is 2.15. The molecule has 4 N–H and O–H groups in total. The minimum Gasteiger partial charge on any atom is -0.481 e. The van der Waals surface area contributed by atoms with Crippen LogP contribution in [0.3, 0.4) is 0 Å². The van der Waals surface area contributed by atoms with E-state index in [4.69, 9.17) is 5.11 Å². The summed E-state index contributed by atoms with van der Waals surface area (Å²) in [7, 11) is -3.26. The Bertz CT molecular complexity index is 382. The lowest BCUT2D eigenvalue weighted by atomic mass is 10.1. The van der Waals surface area contributed by atoms with Crippen molar-refractivity contribution >= 4 is 22.0 Å². The molecule has 0 saturated carbocycles. The molecular formula is C9H19N3O5S. The molecule has 0 rings (SSSR count). The Morgan fingerprint density at radius 1 is 1.22 bits per heavy atom. The van der Waals surface area contributed by atoms with Gasteiger partial charge in [-0.1, -0.05) is 6.92 Å². The predicted molar refractivity (Wildman–Crippen MR) is 65.7 cm³/mol. The lowest BCUT2D eigenvalue weighted by molar-refractivity contribution is -0.141. The minimum atomic E-state index is -3.26. The summed E-state index contributed by atoms with van der Waals surface area (Å²) in [5.74, 6) is -1.58. The second kappa shape index (κ2) is 7.88. The molecule has 0 aromatic rings. The van der Waals surface area contributed by atoms with Gasteiger partial charge in [-0.15, -0.1) is 0 Å². The summed E-state index contributed by atoms with van der Waals surface area (Å²) in [5.41, 5.74) is 0. The number of carboxylic acid groups (broad SMARTS) is 1. The monoisotopic (exact) mass is 281 g/mol. The van der Waals surface area contributed by atoms with Crippen LogP contribution >= 0.6 is 0 Å². The van der Waals surface area contributed by atoms with Gasteiger partial charge >= 0.3 is 12.0 Å². The molecule has 9 heteroatoms.